The Balaban J connectivity index is 1.34. The van der Waals surface area contributed by atoms with E-state index >= 15 is 0 Å². The molecule has 0 bridgehead atoms. The molecule has 148 valence electrons. The Morgan fingerprint density at radius 3 is 2.19 bits per heavy atom. The summed E-state index contributed by atoms with van der Waals surface area (Å²) < 4.78 is 0. The zero-order chi connectivity index (χ0) is 18.9. The van der Waals surface area contributed by atoms with Crippen LogP contribution < -0.4 is 5.32 Å². The van der Waals surface area contributed by atoms with Gasteiger partial charge in [0.1, 0.15) is 0 Å². The molecule has 1 saturated carbocycles. The molecule has 0 spiro atoms. The zero-order valence-electron chi connectivity index (χ0n) is 16.5. The molecule has 3 rings (SSSR count). The smallest absolute Gasteiger partial charge is 0.225 e. The van der Waals surface area contributed by atoms with E-state index in [4.69, 9.17) is 0 Å². The van der Waals surface area contributed by atoms with Crippen molar-refractivity contribution < 1.29 is 9.59 Å². The molecule has 2 fully saturated rings. The van der Waals surface area contributed by atoms with Gasteiger partial charge in [-0.25, -0.2) is 0 Å². The van der Waals surface area contributed by atoms with Gasteiger partial charge >= 0.3 is 0 Å². The van der Waals surface area contributed by atoms with Gasteiger partial charge in [-0.1, -0.05) is 43.2 Å². The topological polar surface area (TPSA) is 49.4 Å². The summed E-state index contributed by atoms with van der Waals surface area (Å²) in [6.45, 7) is 2.60. The van der Waals surface area contributed by atoms with E-state index in [0.29, 0.717) is 5.91 Å². The van der Waals surface area contributed by atoms with Crippen molar-refractivity contribution in [3.05, 3.63) is 35.9 Å². The van der Waals surface area contributed by atoms with Crippen molar-refractivity contribution in [2.75, 3.05) is 19.6 Å². The lowest BCUT2D eigenvalue weighted by atomic mass is 9.81. The second kappa shape index (κ2) is 10.5. The van der Waals surface area contributed by atoms with Gasteiger partial charge in [-0.15, -0.1) is 0 Å². The predicted molar refractivity (Wildman–Crippen MR) is 108 cm³/mol. The first kappa shape index (κ1) is 19.9. The molecule has 1 aliphatic heterocycles. The highest BCUT2D eigenvalue weighted by molar-refractivity contribution is 5.81. The second-order valence-electron chi connectivity index (χ2n) is 8.17. The highest BCUT2D eigenvalue weighted by Crippen LogP contribution is 2.30. The molecule has 1 saturated heterocycles. The minimum Gasteiger partial charge on any atom is -0.356 e. The van der Waals surface area contributed by atoms with E-state index in [-0.39, 0.29) is 17.7 Å². The number of nitrogens with one attached hydrogen (secondary N) is 1. The fourth-order valence-electron chi connectivity index (χ4n) is 4.44. The van der Waals surface area contributed by atoms with E-state index in [1.54, 1.807) is 0 Å². The van der Waals surface area contributed by atoms with Gasteiger partial charge in [0.25, 0.3) is 0 Å². The number of carbonyl (C=O) groups excluding carboxylic acids is 2. The molecule has 27 heavy (non-hydrogen) atoms. The lowest BCUT2D eigenvalue weighted by Gasteiger charge is -2.31. The van der Waals surface area contributed by atoms with Gasteiger partial charge in [-0.2, -0.15) is 0 Å². The fourth-order valence-corrected chi connectivity index (χ4v) is 4.44. The summed E-state index contributed by atoms with van der Waals surface area (Å²) in [5.74, 6) is 0.766. The predicted octanol–water partition coefficient (Wildman–Crippen LogP) is 3.94. The average molecular weight is 371 g/mol. The number of carbonyl (C=O) groups is 2. The Morgan fingerprint density at radius 2 is 1.52 bits per heavy atom. The van der Waals surface area contributed by atoms with E-state index < -0.39 is 0 Å². The zero-order valence-corrected chi connectivity index (χ0v) is 16.5. The van der Waals surface area contributed by atoms with Gasteiger partial charge in [-0.3, -0.25) is 9.59 Å². The molecule has 2 amide bonds. The van der Waals surface area contributed by atoms with Gasteiger partial charge in [0, 0.05) is 31.5 Å². The van der Waals surface area contributed by atoms with Crippen LogP contribution in [0.25, 0.3) is 0 Å². The molecular weight excluding hydrogens is 336 g/mol. The summed E-state index contributed by atoms with van der Waals surface area (Å²) >= 11 is 0. The third-order valence-corrected chi connectivity index (χ3v) is 6.15. The Labute approximate surface area is 163 Å². The van der Waals surface area contributed by atoms with Crippen LogP contribution in [0.3, 0.4) is 0 Å². The monoisotopic (exact) mass is 370 g/mol. The molecule has 1 heterocycles. The van der Waals surface area contributed by atoms with Crippen LogP contribution in [0.15, 0.2) is 30.3 Å². The van der Waals surface area contributed by atoms with Crippen molar-refractivity contribution in [3.63, 3.8) is 0 Å². The standard InChI is InChI=1S/C23H34N2O2/c26-22(24-16-8-11-19-9-4-3-5-10-19)20-12-14-21(15-13-20)23(27)25-17-6-1-2-7-18-25/h3-5,9-10,20-21H,1-2,6-8,11-18H2,(H,24,26). The summed E-state index contributed by atoms with van der Waals surface area (Å²) in [7, 11) is 0. The van der Waals surface area contributed by atoms with Crippen LogP contribution in [0, 0.1) is 11.8 Å². The van der Waals surface area contributed by atoms with Crippen LogP contribution >= 0.6 is 0 Å². The average Bonchev–Trinajstić information content (AvgIpc) is 3.01. The molecule has 2 aliphatic rings. The van der Waals surface area contributed by atoms with Crippen LogP contribution in [0.1, 0.15) is 63.4 Å². The number of benzene rings is 1. The van der Waals surface area contributed by atoms with Gasteiger partial charge in [0.2, 0.25) is 11.8 Å². The van der Waals surface area contributed by atoms with Crippen molar-refractivity contribution in [3.8, 4) is 0 Å². The Kier molecular flexibility index (Phi) is 7.73. The first-order valence-corrected chi connectivity index (χ1v) is 10.8. The summed E-state index contributed by atoms with van der Waals surface area (Å²) in [5.41, 5.74) is 1.32. The van der Waals surface area contributed by atoms with E-state index in [1.165, 1.54) is 18.4 Å². The SMILES string of the molecule is O=C(NCCCc1ccccc1)C1CCC(C(=O)N2CCCCCC2)CC1. The van der Waals surface area contributed by atoms with E-state index in [2.05, 4.69) is 34.5 Å². The van der Waals surface area contributed by atoms with Crippen molar-refractivity contribution in [2.24, 2.45) is 11.8 Å². The van der Waals surface area contributed by atoms with Crippen molar-refractivity contribution in [1.29, 1.82) is 0 Å². The van der Waals surface area contributed by atoms with E-state index in [1.807, 2.05) is 6.07 Å². The molecule has 0 unspecified atom stereocenters. The van der Waals surface area contributed by atoms with Crippen LogP contribution in [-0.2, 0) is 16.0 Å². The summed E-state index contributed by atoms with van der Waals surface area (Å²) in [4.78, 5) is 27.3. The van der Waals surface area contributed by atoms with Crippen molar-refractivity contribution in [2.45, 2.75) is 64.2 Å². The molecule has 0 aromatic heterocycles. The normalized spacial score (nSPS) is 23.5. The van der Waals surface area contributed by atoms with Crippen molar-refractivity contribution >= 4 is 11.8 Å². The van der Waals surface area contributed by atoms with Gasteiger partial charge in [0.05, 0.1) is 0 Å². The molecule has 1 aromatic rings. The Morgan fingerprint density at radius 1 is 0.889 bits per heavy atom. The Bertz CT molecular complexity index is 586. The molecule has 1 aromatic carbocycles. The number of rotatable bonds is 6. The first-order chi connectivity index (χ1) is 13.2. The quantitative estimate of drug-likeness (QED) is 0.771. The molecule has 1 N–H and O–H groups in total. The number of nitrogens with zero attached hydrogens (tertiary/aromatic N) is 1. The molecule has 1 aliphatic carbocycles. The van der Waals surface area contributed by atoms with Crippen LogP contribution in [0.2, 0.25) is 0 Å². The van der Waals surface area contributed by atoms with Gasteiger partial charge < -0.3 is 10.2 Å². The first-order valence-electron chi connectivity index (χ1n) is 10.8. The molecule has 4 nitrogen and oxygen atoms in total. The third kappa shape index (κ3) is 6.08. The lowest BCUT2D eigenvalue weighted by Crippen LogP contribution is -2.40. The van der Waals surface area contributed by atoms with Crippen LogP contribution in [-0.4, -0.2) is 36.3 Å². The number of amides is 2. The van der Waals surface area contributed by atoms with Gasteiger partial charge in [-0.05, 0) is 56.9 Å². The van der Waals surface area contributed by atoms with Crippen LogP contribution in [0.4, 0.5) is 0 Å². The maximum atomic E-state index is 12.8. The fraction of sp³-hybridized carbons (Fsp3) is 0.652. The van der Waals surface area contributed by atoms with Gasteiger partial charge in [0.15, 0.2) is 0 Å². The lowest BCUT2D eigenvalue weighted by molar-refractivity contribution is -0.138. The summed E-state index contributed by atoms with van der Waals surface area (Å²) in [6, 6.07) is 10.4. The van der Waals surface area contributed by atoms with E-state index in [9.17, 15) is 9.59 Å². The van der Waals surface area contributed by atoms with Crippen molar-refractivity contribution in [1.82, 2.24) is 10.2 Å². The number of likely N-dealkylation sites (tertiary alicyclic amines) is 1. The highest BCUT2D eigenvalue weighted by Gasteiger charge is 2.32. The molecular formula is C23H34N2O2. The minimum atomic E-state index is 0.0925. The number of hydrogen-bond acceptors (Lipinski definition) is 2. The van der Waals surface area contributed by atoms with Crippen LogP contribution in [0.5, 0.6) is 0 Å². The molecule has 0 radical (unpaired) electrons. The summed E-state index contributed by atoms with van der Waals surface area (Å²) in [5, 5.41) is 3.10. The minimum absolute atomic E-state index is 0.0925. The molecule has 0 atom stereocenters. The van der Waals surface area contributed by atoms with E-state index in [0.717, 1.165) is 71.0 Å². The highest BCUT2D eigenvalue weighted by atomic mass is 16.2. The number of hydrogen-bond donors (Lipinski definition) is 1. The Hall–Kier alpha value is -1.84. The maximum absolute atomic E-state index is 12.8. The number of aryl methyl sites for hydroxylation is 1. The molecule has 4 heteroatoms. The largest absolute Gasteiger partial charge is 0.356 e. The third-order valence-electron chi connectivity index (χ3n) is 6.15. The maximum Gasteiger partial charge on any atom is 0.225 e. The summed E-state index contributed by atoms with van der Waals surface area (Å²) in [6.07, 6.45) is 10.2. The second-order valence-corrected chi connectivity index (χ2v) is 8.17.